The molecule has 2 aromatic heterocycles. The molecule has 0 radical (unpaired) electrons. The molecule has 0 spiro atoms. The van der Waals surface area contributed by atoms with Crippen LogP contribution in [0, 0.1) is 0 Å². The highest BCUT2D eigenvalue weighted by molar-refractivity contribution is 7.27. The third kappa shape index (κ3) is 4.89. The van der Waals surface area contributed by atoms with Crippen LogP contribution in [0.15, 0.2) is 205 Å². The van der Waals surface area contributed by atoms with Gasteiger partial charge >= 0.3 is 0 Å². The van der Waals surface area contributed by atoms with Crippen LogP contribution in [-0.4, -0.2) is 0 Å². The van der Waals surface area contributed by atoms with Crippen molar-refractivity contribution in [3.8, 4) is 22.3 Å². The first-order chi connectivity index (χ1) is 28.3. The molecular formula is C54H33NOS. The van der Waals surface area contributed by atoms with Crippen LogP contribution in [0.25, 0.3) is 96.7 Å². The maximum absolute atomic E-state index is 6.97. The molecule has 2 heterocycles. The van der Waals surface area contributed by atoms with E-state index in [9.17, 15) is 0 Å². The van der Waals surface area contributed by atoms with E-state index in [1.54, 1.807) is 0 Å². The summed E-state index contributed by atoms with van der Waals surface area (Å²) in [7, 11) is 0. The number of para-hydroxylation sites is 1. The van der Waals surface area contributed by atoms with Crippen LogP contribution in [-0.2, 0) is 0 Å². The Labute approximate surface area is 333 Å². The molecule has 0 bridgehead atoms. The minimum Gasteiger partial charge on any atom is -0.455 e. The van der Waals surface area contributed by atoms with Crippen molar-refractivity contribution in [3.05, 3.63) is 200 Å². The molecule has 2 nitrogen and oxygen atoms in total. The van der Waals surface area contributed by atoms with Gasteiger partial charge in [-0.3, -0.25) is 0 Å². The second kappa shape index (κ2) is 12.7. The third-order valence-electron chi connectivity index (χ3n) is 11.7. The van der Waals surface area contributed by atoms with Gasteiger partial charge in [-0.25, -0.2) is 0 Å². The normalized spacial score (nSPS) is 11.9. The summed E-state index contributed by atoms with van der Waals surface area (Å²) in [6, 6.07) is 72.6. The van der Waals surface area contributed by atoms with Gasteiger partial charge in [0, 0.05) is 31.8 Å². The highest BCUT2D eigenvalue weighted by Crippen LogP contribution is 2.52. The molecule has 266 valence electrons. The molecule has 12 aromatic rings. The summed E-state index contributed by atoms with van der Waals surface area (Å²) in [6.45, 7) is 0. The second-order valence-corrected chi connectivity index (χ2v) is 15.8. The molecule has 10 aromatic carbocycles. The molecule has 0 unspecified atom stereocenters. The standard InChI is InChI=1S/C54H33NOS/c1-2-14-35(15-3-1)39-22-11-25-44-45-26-13-28-49(54(45)57-53(39)44)55(47-27-12-24-40-38-20-7-5-17-36(38)30-31-42(40)47)48-33-32-43(41-23-10-18-34-16-4-6-19-37(34)41)52-51(48)46-21-8-9-29-50(46)56-52/h1-33H. The van der Waals surface area contributed by atoms with Crippen LogP contribution < -0.4 is 4.90 Å². The molecule has 12 rings (SSSR count). The van der Waals surface area contributed by atoms with Gasteiger partial charge in [-0.15, -0.1) is 11.3 Å². The van der Waals surface area contributed by atoms with Crippen LogP contribution in [0.2, 0.25) is 0 Å². The molecular weight excluding hydrogens is 711 g/mol. The van der Waals surface area contributed by atoms with E-state index in [0.717, 1.165) is 50.1 Å². The fourth-order valence-corrected chi connectivity index (χ4v) is 10.4. The van der Waals surface area contributed by atoms with Gasteiger partial charge in [0.15, 0.2) is 0 Å². The highest BCUT2D eigenvalue weighted by Gasteiger charge is 2.26. The lowest BCUT2D eigenvalue weighted by atomic mass is 9.95. The first-order valence-electron chi connectivity index (χ1n) is 19.4. The van der Waals surface area contributed by atoms with Gasteiger partial charge in [-0.2, -0.15) is 0 Å². The predicted octanol–water partition coefficient (Wildman–Crippen LogP) is 16.2. The van der Waals surface area contributed by atoms with E-state index in [4.69, 9.17) is 4.42 Å². The van der Waals surface area contributed by atoms with Crippen LogP contribution in [0.5, 0.6) is 0 Å². The van der Waals surface area contributed by atoms with Crippen LogP contribution in [0.3, 0.4) is 0 Å². The SMILES string of the molecule is c1ccc(-c2cccc3c2sc2c(N(c4cccc5c4ccc4ccccc45)c4ccc(-c5cccc6ccccc56)c5oc6ccccc6c45)cccc23)cc1. The monoisotopic (exact) mass is 743 g/mol. The zero-order valence-electron chi connectivity index (χ0n) is 30.8. The van der Waals surface area contributed by atoms with Gasteiger partial charge in [-0.1, -0.05) is 170 Å². The molecule has 0 saturated heterocycles. The average Bonchev–Trinajstić information content (AvgIpc) is 3.87. The van der Waals surface area contributed by atoms with Crippen molar-refractivity contribution in [1.82, 2.24) is 0 Å². The second-order valence-electron chi connectivity index (χ2n) is 14.8. The maximum Gasteiger partial charge on any atom is 0.145 e. The fourth-order valence-electron chi connectivity index (χ4n) is 9.10. The average molecular weight is 744 g/mol. The van der Waals surface area contributed by atoms with E-state index in [2.05, 4.69) is 205 Å². The number of fused-ring (bicyclic) bond motifs is 10. The Bertz CT molecular complexity index is 3530. The third-order valence-corrected chi connectivity index (χ3v) is 12.9. The summed E-state index contributed by atoms with van der Waals surface area (Å²) in [4.78, 5) is 2.51. The number of hydrogen-bond donors (Lipinski definition) is 0. The van der Waals surface area contributed by atoms with Gasteiger partial charge in [0.2, 0.25) is 0 Å². The maximum atomic E-state index is 6.97. The van der Waals surface area contributed by atoms with Gasteiger partial charge in [0.05, 0.1) is 27.1 Å². The number of hydrogen-bond acceptors (Lipinski definition) is 3. The molecule has 0 N–H and O–H groups in total. The fraction of sp³-hybridized carbons (Fsp3) is 0. The minimum atomic E-state index is 0.873. The predicted molar refractivity (Wildman–Crippen MR) is 245 cm³/mol. The van der Waals surface area contributed by atoms with Gasteiger partial charge in [0.25, 0.3) is 0 Å². The number of benzene rings is 10. The van der Waals surface area contributed by atoms with E-state index in [-0.39, 0.29) is 0 Å². The molecule has 0 aliphatic rings. The van der Waals surface area contributed by atoms with E-state index < -0.39 is 0 Å². The molecule has 0 saturated carbocycles. The van der Waals surface area contributed by atoms with Crippen molar-refractivity contribution in [2.24, 2.45) is 0 Å². The largest absolute Gasteiger partial charge is 0.455 e. The van der Waals surface area contributed by atoms with Crippen molar-refractivity contribution in [2.75, 3.05) is 4.90 Å². The summed E-state index contributed by atoms with van der Waals surface area (Å²) in [5, 5.41) is 12.0. The Morgan fingerprint density at radius 3 is 1.81 bits per heavy atom. The summed E-state index contributed by atoms with van der Waals surface area (Å²) < 4.78 is 9.51. The summed E-state index contributed by atoms with van der Waals surface area (Å²) in [5.41, 5.74) is 9.82. The molecule has 0 atom stereocenters. The van der Waals surface area contributed by atoms with Crippen molar-refractivity contribution in [3.63, 3.8) is 0 Å². The van der Waals surface area contributed by atoms with Gasteiger partial charge < -0.3 is 9.32 Å². The smallest absolute Gasteiger partial charge is 0.145 e. The Kier molecular flexibility index (Phi) is 7.13. The Balaban J connectivity index is 1.21. The lowest BCUT2D eigenvalue weighted by Gasteiger charge is -2.28. The lowest BCUT2D eigenvalue weighted by Crippen LogP contribution is -2.11. The minimum absolute atomic E-state index is 0.873. The zero-order chi connectivity index (χ0) is 37.5. The number of anilines is 3. The number of nitrogens with zero attached hydrogens (tertiary/aromatic N) is 1. The van der Waals surface area contributed by atoms with Crippen LogP contribution >= 0.6 is 11.3 Å². The van der Waals surface area contributed by atoms with E-state index >= 15 is 0 Å². The molecule has 0 fully saturated rings. The molecule has 0 amide bonds. The highest BCUT2D eigenvalue weighted by atomic mass is 32.1. The van der Waals surface area contributed by atoms with Crippen LogP contribution in [0.1, 0.15) is 0 Å². The van der Waals surface area contributed by atoms with Gasteiger partial charge in [0.1, 0.15) is 11.2 Å². The van der Waals surface area contributed by atoms with Crippen molar-refractivity contribution in [1.29, 1.82) is 0 Å². The molecule has 0 aliphatic heterocycles. The van der Waals surface area contributed by atoms with E-state index in [1.165, 1.54) is 63.6 Å². The van der Waals surface area contributed by atoms with Crippen LogP contribution in [0.4, 0.5) is 17.1 Å². The Hall–Kier alpha value is -7.20. The molecule has 3 heteroatoms. The van der Waals surface area contributed by atoms with Gasteiger partial charge in [-0.05, 0) is 74.0 Å². The Morgan fingerprint density at radius 1 is 0.333 bits per heavy atom. The Morgan fingerprint density at radius 2 is 0.947 bits per heavy atom. The topological polar surface area (TPSA) is 16.4 Å². The van der Waals surface area contributed by atoms with Crippen molar-refractivity contribution >= 4 is 103 Å². The van der Waals surface area contributed by atoms with Crippen molar-refractivity contribution < 1.29 is 4.42 Å². The first kappa shape index (κ1) is 32.1. The summed E-state index contributed by atoms with van der Waals surface area (Å²) in [5.74, 6) is 0. The van der Waals surface area contributed by atoms with E-state index in [0.29, 0.717) is 0 Å². The lowest BCUT2D eigenvalue weighted by molar-refractivity contribution is 0.670. The molecule has 0 aliphatic carbocycles. The summed E-state index contributed by atoms with van der Waals surface area (Å²) >= 11 is 1.88. The van der Waals surface area contributed by atoms with E-state index in [1.807, 2.05) is 11.3 Å². The number of furan rings is 1. The summed E-state index contributed by atoms with van der Waals surface area (Å²) in [6.07, 6.45) is 0. The first-order valence-corrected chi connectivity index (χ1v) is 20.2. The molecule has 57 heavy (non-hydrogen) atoms. The zero-order valence-corrected chi connectivity index (χ0v) is 31.6. The quantitative estimate of drug-likeness (QED) is 0.163. The van der Waals surface area contributed by atoms with Crippen molar-refractivity contribution in [2.45, 2.75) is 0 Å². The number of thiophene rings is 1. The number of rotatable bonds is 5.